The van der Waals surface area contributed by atoms with Gasteiger partial charge in [-0.05, 0) is 0 Å². The number of nitrogens with zero attached hydrogens (tertiary/aromatic N) is 1. The fourth-order valence-electron chi connectivity index (χ4n) is 1.02. The van der Waals surface area contributed by atoms with Crippen molar-refractivity contribution in [3.8, 4) is 5.75 Å². The first-order valence-corrected chi connectivity index (χ1v) is 6.18. The number of hydrogen-bond acceptors (Lipinski definition) is 4. The number of benzene rings is 1. The maximum absolute atomic E-state index is 10.6. The third kappa shape index (κ3) is 2.72. The first-order valence-electron chi connectivity index (χ1n) is 3.92. The molecule has 0 aliphatic heterocycles. The molecule has 2 unspecified atom stereocenters. The van der Waals surface area contributed by atoms with Crippen LogP contribution in [0.5, 0.6) is 5.75 Å². The van der Waals surface area contributed by atoms with Crippen LogP contribution in [0.4, 0.5) is 5.69 Å². The van der Waals surface area contributed by atoms with Crippen LogP contribution in [0.3, 0.4) is 0 Å². The van der Waals surface area contributed by atoms with Crippen LogP contribution in [0.25, 0.3) is 0 Å². The fraction of sp³-hybridized carbons (Fsp3) is 0.250. The van der Waals surface area contributed by atoms with Crippen LogP contribution < -0.4 is 4.35 Å². The summed E-state index contributed by atoms with van der Waals surface area (Å²) in [5.74, 6) is -0.127. The van der Waals surface area contributed by atoms with E-state index in [1.54, 1.807) is 6.92 Å². The molecule has 0 heterocycles. The average Bonchev–Trinajstić information content (AvgIpc) is 2.07. The molecule has 0 saturated heterocycles. The summed E-state index contributed by atoms with van der Waals surface area (Å²) in [6.45, 7) is 1.61. The van der Waals surface area contributed by atoms with Gasteiger partial charge in [-0.2, -0.15) is 0 Å². The molecule has 1 rings (SSSR count). The number of aliphatic hydroxyl groups is 1. The van der Waals surface area contributed by atoms with Gasteiger partial charge < -0.3 is 0 Å². The van der Waals surface area contributed by atoms with E-state index in [2.05, 4.69) is 0 Å². The van der Waals surface area contributed by atoms with Crippen LogP contribution in [-0.2, 0) is 0 Å². The van der Waals surface area contributed by atoms with Crippen molar-refractivity contribution < 1.29 is 15.1 Å². The Morgan fingerprint density at radius 3 is 2.71 bits per heavy atom. The summed E-state index contributed by atoms with van der Waals surface area (Å²) in [5, 5.41) is 28.8. The minimum atomic E-state index is -0.935. The molecule has 76 valence electrons. The van der Waals surface area contributed by atoms with Crippen LogP contribution in [0, 0.1) is 10.1 Å². The number of aromatic hydroxyl groups is 1. The predicted octanol–water partition coefficient (Wildman–Crippen LogP) is -0.300. The number of phenols is 1. The SMILES string of the molecule is CC(O)[AsH]c1ccc(O)cc1[N+](=O)[O-]. The fourth-order valence-corrected chi connectivity index (χ4v) is 2.99. The molecule has 0 radical (unpaired) electrons. The average molecular weight is 259 g/mol. The van der Waals surface area contributed by atoms with Gasteiger partial charge >= 0.3 is 86.8 Å². The minimum absolute atomic E-state index is 0.106. The van der Waals surface area contributed by atoms with Crippen LogP contribution in [-0.4, -0.2) is 35.8 Å². The summed E-state index contributed by atoms with van der Waals surface area (Å²) in [6.07, 6.45) is 0. The Labute approximate surface area is 87.2 Å². The van der Waals surface area contributed by atoms with Gasteiger partial charge in [0.05, 0.1) is 0 Å². The molecule has 0 saturated carbocycles. The molecule has 14 heavy (non-hydrogen) atoms. The Balaban J connectivity index is 3.08. The van der Waals surface area contributed by atoms with Crippen molar-refractivity contribution in [1.82, 2.24) is 0 Å². The van der Waals surface area contributed by atoms with E-state index in [-0.39, 0.29) is 11.4 Å². The molecular formula is C8H10AsNO4. The van der Waals surface area contributed by atoms with E-state index >= 15 is 0 Å². The zero-order valence-corrected chi connectivity index (χ0v) is 9.57. The summed E-state index contributed by atoms with van der Waals surface area (Å²) in [5.41, 5.74) is -0.106. The number of nitro groups is 1. The quantitative estimate of drug-likeness (QED) is 0.443. The van der Waals surface area contributed by atoms with E-state index < -0.39 is 25.6 Å². The summed E-state index contributed by atoms with van der Waals surface area (Å²) >= 11 is -0.935. The van der Waals surface area contributed by atoms with Crippen molar-refractivity contribution in [1.29, 1.82) is 0 Å². The molecule has 0 aliphatic rings. The van der Waals surface area contributed by atoms with E-state index in [1.165, 1.54) is 12.1 Å². The molecule has 0 aromatic heterocycles. The van der Waals surface area contributed by atoms with Gasteiger partial charge in [-0.15, -0.1) is 0 Å². The van der Waals surface area contributed by atoms with E-state index in [4.69, 9.17) is 10.2 Å². The Morgan fingerprint density at radius 2 is 2.21 bits per heavy atom. The van der Waals surface area contributed by atoms with Crippen LogP contribution in [0.1, 0.15) is 6.92 Å². The summed E-state index contributed by atoms with van der Waals surface area (Å²) in [6, 6.07) is 4.01. The molecule has 0 spiro atoms. The standard InChI is InChI=1S/C8H10AsNO4/c1-5(11)9-7-3-2-6(12)4-8(7)10(13)14/h2-5,9,11-12H,1H3. The maximum atomic E-state index is 10.6. The Kier molecular flexibility index (Phi) is 3.49. The number of aliphatic hydroxyl groups excluding tert-OH is 1. The Bertz CT molecular complexity index is 353. The third-order valence-corrected chi connectivity index (χ3v) is 3.96. The first kappa shape index (κ1) is 11.0. The van der Waals surface area contributed by atoms with Crippen molar-refractivity contribution in [3.63, 3.8) is 0 Å². The van der Waals surface area contributed by atoms with Gasteiger partial charge in [0.1, 0.15) is 0 Å². The molecule has 0 bridgehead atoms. The second kappa shape index (κ2) is 4.44. The van der Waals surface area contributed by atoms with E-state index in [0.717, 1.165) is 6.07 Å². The van der Waals surface area contributed by atoms with Crippen LogP contribution >= 0.6 is 0 Å². The zero-order valence-electron chi connectivity index (χ0n) is 7.47. The second-order valence-electron chi connectivity index (χ2n) is 2.78. The topological polar surface area (TPSA) is 83.6 Å². The van der Waals surface area contributed by atoms with Gasteiger partial charge in [0, 0.05) is 0 Å². The molecule has 0 amide bonds. The Morgan fingerprint density at radius 1 is 1.57 bits per heavy atom. The molecule has 1 aromatic carbocycles. The molecular weight excluding hydrogens is 249 g/mol. The van der Waals surface area contributed by atoms with Crippen molar-refractivity contribution in [2.24, 2.45) is 0 Å². The molecule has 6 heteroatoms. The normalized spacial score (nSPS) is 13.3. The molecule has 1 aromatic rings. The number of nitro benzene ring substituents is 1. The monoisotopic (exact) mass is 259 g/mol. The van der Waals surface area contributed by atoms with Gasteiger partial charge in [-0.25, -0.2) is 0 Å². The van der Waals surface area contributed by atoms with Crippen molar-refractivity contribution >= 4 is 25.8 Å². The zero-order chi connectivity index (χ0) is 10.7. The van der Waals surface area contributed by atoms with E-state index in [9.17, 15) is 10.1 Å². The second-order valence-corrected chi connectivity index (χ2v) is 6.27. The predicted molar refractivity (Wildman–Crippen MR) is 53.2 cm³/mol. The Hall–Kier alpha value is -1.06. The van der Waals surface area contributed by atoms with E-state index in [1.807, 2.05) is 0 Å². The molecule has 0 fully saturated rings. The molecule has 2 N–H and O–H groups in total. The van der Waals surface area contributed by atoms with Gasteiger partial charge in [-0.3, -0.25) is 0 Å². The van der Waals surface area contributed by atoms with Gasteiger partial charge in [0.25, 0.3) is 0 Å². The summed E-state index contributed by atoms with van der Waals surface area (Å²) < 4.78 is 0.544. The third-order valence-electron chi connectivity index (χ3n) is 1.54. The van der Waals surface area contributed by atoms with Crippen LogP contribution in [0.15, 0.2) is 18.2 Å². The van der Waals surface area contributed by atoms with Crippen molar-refractivity contribution in [3.05, 3.63) is 28.3 Å². The molecule has 2 atom stereocenters. The van der Waals surface area contributed by atoms with Gasteiger partial charge in [0.2, 0.25) is 0 Å². The molecule has 5 nitrogen and oxygen atoms in total. The van der Waals surface area contributed by atoms with Crippen molar-refractivity contribution in [2.75, 3.05) is 0 Å². The van der Waals surface area contributed by atoms with Gasteiger partial charge in [-0.1, -0.05) is 0 Å². The number of rotatable bonds is 3. The van der Waals surface area contributed by atoms with Crippen LogP contribution in [0.2, 0.25) is 0 Å². The number of phenolic OH excluding ortho intramolecular Hbond substituents is 1. The van der Waals surface area contributed by atoms with E-state index in [0.29, 0.717) is 4.35 Å². The molecule has 0 aliphatic carbocycles. The summed E-state index contributed by atoms with van der Waals surface area (Å²) in [4.78, 5) is 9.53. The van der Waals surface area contributed by atoms with Gasteiger partial charge in [0.15, 0.2) is 0 Å². The first-order chi connectivity index (χ1) is 6.50. The summed E-state index contributed by atoms with van der Waals surface area (Å²) in [7, 11) is 0. The number of hydrogen-bond donors (Lipinski definition) is 2. The van der Waals surface area contributed by atoms with Crippen molar-refractivity contribution in [2.45, 2.75) is 11.8 Å².